The van der Waals surface area contributed by atoms with E-state index in [1.54, 1.807) is 12.1 Å². The van der Waals surface area contributed by atoms with Gasteiger partial charge in [-0.05, 0) is 18.9 Å². The van der Waals surface area contributed by atoms with Crippen molar-refractivity contribution in [3.8, 4) is 0 Å². The lowest BCUT2D eigenvalue weighted by atomic mass is 9.95. The molecule has 0 bridgehead atoms. The average Bonchev–Trinajstić information content (AvgIpc) is 2.29. The van der Waals surface area contributed by atoms with Crippen molar-refractivity contribution in [1.82, 2.24) is 0 Å². The zero-order valence-electron chi connectivity index (χ0n) is 9.69. The zero-order chi connectivity index (χ0) is 12.3. The van der Waals surface area contributed by atoms with Crippen molar-refractivity contribution in [3.05, 3.63) is 28.3 Å². The molecule has 1 aliphatic carbocycles. The number of nitro benzene ring substituents is 1. The highest BCUT2D eigenvalue weighted by atomic mass is 16.6. The predicted molar refractivity (Wildman–Crippen MR) is 68.0 cm³/mol. The van der Waals surface area contributed by atoms with Crippen LogP contribution in [0.25, 0.3) is 0 Å². The molecule has 0 spiro atoms. The SMILES string of the molecule is Nc1cc(NC2CCCCC2)cc([N+](=O)[O-])c1. The van der Waals surface area contributed by atoms with Gasteiger partial charge in [-0.1, -0.05) is 19.3 Å². The van der Waals surface area contributed by atoms with Gasteiger partial charge in [-0.3, -0.25) is 10.1 Å². The molecular formula is C12H17N3O2. The van der Waals surface area contributed by atoms with E-state index in [1.165, 1.54) is 25.3 Å². The van der Waals surface area contributed by atoms with Crippen LogP contribution in [0.15, 0.2) is 18.2 Å². The molecule has 0 saturated heterocycles. The van der Waals surface area contributed by atoms with Crippen LogP contribution in [0.2, 0.25) is 0 Å². The normalized spacial score (nSPS) is 16.7. The van der Waals surface area contributed by atoms with Crippen LogP contribution >= 0.6 is 0 Å². The topological polar surface area (TPSA) is 81.2 Å². The summed E-state index contributed by atoms with van der Waals surface area (Å²) in [6.07, 6.45) is 5.99. The van der Waals surface area contributed by atoms with Crippen molar-refractivity contribution < 1.29 is 4.92 Å². The molecule has 0 atom stereocenters. The summed E-state index contributed by atoms with van der Waals surface area (Å²) >= 11 is 0. The number of nitrogens with one attached hydrogen (secondary N) is 1. The minimum absolute atomic E-state index is 0.0447. The quantitative estimate of drug-likeness (QED) is 0.479. The van der Waals surface area contributed by atoms with Gasteiger partial charge in [0.25, 0.3) is 5.69 Å². The van der Waals surface area contributed by atoms with Crippen molar-refractivity contribution in [2.45, 2.75) is 38.1 Å². The summed E-state index contributed by atoms with van der Waals surface area (Å²) in [6.45, 7) is 0. The Bertz CT molecular complexity index is 414. The second kappa shape index (κ2) is 5.03. The lowest BCUT2D eigenvalue weighted by Crippen LogP contribution is -2.22. The summed E-state index contributed by atoms with van der Waals surface area (Å²) in [7, 11) is 0. The fourth-order valence-corrected chi connectivity index (χ4v) is 2.31. The van der Waals surface area contributed by atoms with E-state index >= 15 is 0 Å². The minimum atomic E-state index is -0.414. The first kappa shape index (κ1) is 11.7. The molecule has 1 saturated carbocycles. The van der Waals surface area contributed by atoms with E-state index < -0.39 is 4.92 Å². The maximum Gasteiger partial charge on any atom is 0.273 e. The minimum Gasteiger partial charge on any atom is -0.398 e. The summed E-state index contributed by atoms with van der Waals surface area (Å²) in [6, 6.07) is 5.10. The zero-order valence-corrected chi connectivity index (χ0v) is 9.69. The third kappa shape index (κ3) is 3.09. The molecule has 0 heterocycles. The smallest absolute Gasteiger partial charge is 0.273 e. The molecule has 0 aliphatic heterocycles. The van der Waals surface area contributed by atoms with Crippen LogP contribution in [-0.4, -0.2) is 11.0 Å². The molecule has 1 aromatic rings. The van der Waals surface area contributed by atoms with Crippen LogP contribution in [0.3, 0.4) is 0 Å². The Balaban J connectivity index is 2.11. The second-order valence-electron chi connectivity index (χ2n) is 4.55. The van der Waals surface area contributed by atoms with E-state index in [2.05, 4.69) is 5.32 Å². The lowest BCUT2D eigenvalue weighted by Gasteiger charge is -2.23. The van der Waals surface area contributed by atoms with Gasteiger partial charge < -0.3 is 11.1 Å². The van der Waals surface area contributed by atoms with Gasteiger partial charge in [0.05, 0.1) is 4.92 Å². The molecule has 0 unspecified atom stereocenters. The Labute approximate surface area is 100 Å². The molecule has 1 aliphatic rings. The molecule has 5 heteroatoms. The average molecular weight is 235 g/mol. The Kier molecular flexibility index (Phi) is 3.46. The monoisotopic (exact) mass is 235 g/mol. The Morgan fingerprint density at radius 3 is 2.59 bits per heavy atom. The largest absolute Gasteiger partial charge is 0.398 e. The van der Waals surface area contributed by atoms with Crippen LogP contribution in [0, 0.1) is 10.1 Å². The first-order valence-electron chi connectivity index (χ1n) is 5.96. The summed E-state index contributed by atoms with van der Waals surface area (Å²) in [5.74, 6) is 0. The van der Waals surface area contributed by atoms with Crippen LogP contribution in [0.5, 0.6) is 0 Å². The van der Waals surface area contributed by atoms with Gasteiger partial charge >= 0.3 is 0 Å². The van der Waals surface area contributed by atoms with E-state index in [0.717, 1.165) is 18.5 Å². The van der Waals surface area contributed by atoms with Gasteiger partial charge in [0, 0.05) is 29.5 Å². The molecular weight excluding hydrogens is 218 g/mol. The number of non-ortho nitro benzene ring substituents is 1. The van der Waals surface area contributed by atoms with Gasteiger partial charge in [-0.15, -0.1) is 0 Å². The molecule has 1 fully saturated rings. The summed E-state index contributed by atoms with van der Waals surface area (Å²) in [5.41, 5.74) is 6.88. The number of nitrogens with two attached hydrogens (primary N) is 1. The fraction of sp³-hybridized carbons (Fsp3) is 0.500. The Morgan fingerprint density at radius 2 is 1.94 bits per heavy atom. The third-order valence-corrected chi connectivity index (χ3v) is 3.13. The van der Waals surface area contributed by atoms with Crippen LogP contribution in [0.1, 0.15) is 32.1 Å². The van der Waals surface area contributed by atoms with Crippen molar-refractivity contribution in [3.63, 3.8) is 0 Å². The van der Waals surface area contributed by atoms with Crippen molar-refractivity contribution in [1.29, 1.82) is 0 Å². The van der Waals surface area contributed by atoms with Gasteiger partial charge in [0.15, 0.2) is 0 Å². The van der Waals surface area contributed by atoms with Crippen molar-refractivity contribution in [2.75, 3.05) is 11.1 Å². The number of nitrogens with zero attached hydrogens (tertiary/aromatic N) is 1. The first-order valence-corrected chi connectivity index (χ1v) is 5.96. The molecule has 0 aromatic heterocycles. The van der Waals surface area contributed by atoms with E-state index in [0.29, 0.717) is 11.7 Å². The molecule has 0 radical (unpaired) electrons. The van der Waals surface area contributed by atoms with Gasteiger partial charge in [-0.2, -0.15) is 0 Å². The van der Waals surface area contributed by atoms with Gasteiger partial charge in [0.2, 0.25) is 0 Å². The van der Waals surface area contributed by atoms with E-state index in [4.69, 9.17) is 5.73 Å². The summed E-state index contributed by atoms with van der Waals surface area (Å²) in [4.78, 5) is 10.3. The molecule has 2 rings (SSSR count). The molecule has 5 nitrogen and oxygen atoms in total. The number of anilines is 2. The van der Waals surface area contributed by atoms with Crippen LogP contribution in [-0.2, 0) is 0 Å². The summed E-state index contributed by atoms with van der Waals surface area (Å²) in [5, 5.41) is 14.1. The van der Waals surface area contributed by atoms with E-state index in [-0.39, 0.29) is 5.69 Å². The van der Waals surface area contributed by atoms with Gasteiger partial charge in [-0.25, -0.2) is 0 Å². The summed E-state index contributed by atoms with van der Waals surface area (Å²) < 4.78 is 0. The van der Waals surface area contributed by atoms with Crippen molar-refractivity contribution in [2.24, 2.45) is 0 Å². The maximum atomic E-state index is 10.7. The number of rotatable bonds is 3. The highest BCUT2D eigenvalue weighted by molar-refractivity contribution is 5.61. The molecule has 3 N–H and O–H groups in total. The van der Waals surface area contributed by atoms with Crippen LogP contribution in [0.4, 0.5) is 17.1 Å². The number of nitrogen functional groups attached to an aromatic ring is 1. The Hall–Kier alpha value is -1.78. The third-order valence-electron chi connectivity index (χ3n) is 3.13. The standard InChI is InChI=1S/C12H17N3O2/c13-9-6-11(8-12(7-9)15(16)17)14-10-4-2-1-3-5-10/h6-8,10,14H,1-5,13H2. The molecule has 17 heavy (non-hydrogen) atoms. The highest BCUT2D eigenvalue weighted by Crippen LogP contribution is 2.26. The molecule has 0 amide bonds. The van der Waals surface area contributed by atoms with Crippen molar-refractivity contribution >= 4 is 17.1 Å². The van der Waals surface area contributed by atoms with E-state index in [1.807, 2.05) is 0 Å². The highest BCUT2D eigenvalue weighted by Gasteiger charge is 2.15. The van der Waals surface area contributed by atoms with Gasteiger partial charge in [0.1, 0.15) is 0 Å². The maximum absolute atomic E-state index is 10.7. The Morgan fingerprint density at radius 1 is 1.24 bits per heavy atom. The second-order valence-corrected chi connectivity index (χ2v) is 4.55. The number of hydrogen-bond acceptors (Lipinski definition) is 4. The number of benzene rings is 1. The van der Waals surface area contributed by atoms with E-state index in [9.17, 15) is 10.1 Å². The number of nitro groups is 1. The predicted octanol–water partition coefficient (Wildman–Crippen LogP) is 2.92. The van der Waals surface area contributed by atoms with Crippen LogP contribution < -0.4 is 11.1 Å². The lowest BCUT2D eigenvalue weighted by molar-refractivity contribution is -0.384. The first-order chi connectivity index (χ1) is 8.15. The molecule has 92 valence electrons. The number of hydrogen-bond donors (Lipinski definition) is 2. The fourth-order valence-electron chi connectivity index (χ4n) is 2.31. The molecule has 1 aromatic carbocycles.